The zero-order valence-corrected chi connectivity index (χ0v) is 16.9. The lowest BCUT2D eigenvalue weighted by Gasteiger charge is -2.36. The molecule has 0 aromatic carbocycles. The highest BCUT2D eigenvalue weighted by Crippen LogP contribution is 2.05. The van der Waals surface area contributed by atoms with Crippen molar-refractivity contribution in [2.75, 3.05) is 78.6 Å². The van der Waals surface area contributed by atoms with E-state index < -0.39 is 0 Å². The summed E-state index contributed by atoms with van der Waals surface area (Å²) in [7, 11) is 0. The number of amides is 2. The minimum Gasteiger partial charge on any atom is -0.450 e. The molecule has 2 fully saturated rings. The van der Waals surface area contributed by atoms with Gasteiger partial charge in [-0.15, -0.1) is 0 Å². The smallest absolute Gasteiger partial charge is 0.409 e. The second-order valence-electron chi connectivity index (χ2n) is 6.76. The summed E-state index contributed by atoms with van der Waals surface area (Å²) >= 11 is 0. The number of piperazine rings is 2. The van der Waals surface area contributed by atoms with Crippen molar-refractivity contribution in [3.8, 4) is 0 Å². The van der Waals surface area contributed by atoms with Crippen LogP contribution in [0.25, 0.3) is 0 Å². The van der Waals surface area contributed by atoms with Gasteiger partial charge in [0.2, 0.25) is 5.91 Å². The Bertz CT molecular complexity index is 511. The number of nitrogens with one attached hydrogen (secondary N) is 1. The van der Waals surface area contributed by atoms with Gasteiger partial charge in [0.15, 0.2) is 5.96 Å². The van der Waals surface area contributed by atoms with Crippen LogP contribution in [0.3, 0.4) is 0 Å². The molecule has 2 aliphatic heterocycles. The molecule has 2 saturated heterocycles. The standard InChI is InChI=1S/C18H34N6O3/c1-4-19-17(23-12-14-24(15-13-23)18(26)27-5-2)20-6-7-21-8-10-22(11-9-21)16(3)25/h4-15H2,1-3H3,(H,19,20). The predicted octanol–water partition coefficient (Wildman–Crippen LogP) is -0.110. The van der Waals surface area contributed by atoms with Gasteiger partial charge < -0.3 is 24.8 Å². The highest BCUT2D eigenvalue weighted by Gasteiger charge is 2.24. The fourth-order valence-corrected chi connectivity index (χ4v) is 3.33. The van der Waals surface area contributed by atoms with Crippen molar-refractivity contribution >= 4 is 18.0 Å². The minimum atomic E-state index is -0.233. The van der Waals surface area contributed by atoms with Crippen LogP contribution in [0.1, 0.15) is 20.8 Å². The average molecular weight is 383 g/mol. The second-order valence-corrected chi connectivity index (χ2v) is 6.76. The summed E-state index contributed by atoms with van der Waals surface area (Å²) in [6.45, 7) is 14.6. The second kappa shape index (κ2) is 11.0. The van der Waals surface area contributed by atoms with Crippen molar-refractivity contribution in [1.82, 2.24) is 24.9 Å². The van der Waals surface area contributed by atoms with E-state index in [-0.39, 0.29) is 12.0 Å². The molecule has 2 heterocycles. The van der Waals surface area contributed by atoms with E-state index in [1.54, 1.807) is 11.8 Å². The molecule has 9 nitrogen and oxygen atoms in total. The number of rotatable bonds is 5. The normalized spacial score (nSPS) is 19.2. The van der Waals surface area contributed by atoms with Gasteiger partial charge in [-0.2, -0.15) is 0 Å². The van der Waals surface area contributed by atoms with Crippen LogP contribution in [0.5, 0.6) is 0 Å². The predicted molar refractivity (Wildman–Crippen MR) is 105 cm³/mol. The molecule has 0 aromatic heterocycles. The Morgan fingerprint density at radius 3 is 2.07 bits per heavy atom. The van der Waals surface area contributed by atoms with Crippen LogP contribution in [0.2, 0.25) is 0 Å². The van der Waals surface area contributed by atoms with Gasteiger partial charge in [0.25, 0.3) is 0 Å². The maximum atomic E-state index is 11.8. The van der Waals surface area contributed by atoms with Crippen molar-refractivity contribution in [1.29, 1.82) is 0 Å². The molecule has 2 rings (SSSR count). The van der Waals surface area contributed by atoms with E-state index in [1.807, 2.05) is 11.8 Å². The Morgan fingerprint density at radius 1 is 0.926 bits per heavy atom. The maximum Gasteiger partial charge on any atom is 0.409 e. The van der Waals surface area contributed by atoms with E-state index in [0.29, 0.717) is 19.7 Å². The quantitative estimate of drug-likeness (QED) is 0.528. The number of guanidine groups is 1. The average Bonchev–Trinajstić information content (AvgIpc) is 2.68. The van der Waals surface area contributed by atoms with Gasteiger partial charge in [-0.3, -0.25) is 14.7 Å². The Labute approximate surface area is 162 Å². The number of carbonyl (C=O) groups excluding carboxylic acids is 2. The van der Waals surface area contributed by atoms with Gasteiger partial charge in [0.05, 0.1) is 13.2 Å². The molecular formula is C18H34N6O3. The lowest BCUT2D eigenvalue weighted by molar-refractivity contribution is -0.130. The van der Waals surface area contributed by atoms with Gasteiger partial charge in [0, 0.05) is 72.4 Å². The van der Waals surface area contributed by atoms with Crippen molar-refractivity contribution < 1.29 is 14.3 Å². The third kappa shape index (κ3) is 6.57. The first kappa shape index (κ1) is 21.3. The number of aliphatic imine (C=N–C) groups is 1. The van der Waals surface area contributed by atoms with Gasteiger partial charge in [0.1, 0.15) is 0 Å². The first-order valence-corrected chi connectivity index (χ1v) is 9.98. The number of nitrogens with zero attached hydrogens (tertiary/aromatic N) is 5. The molecule has 0 atom stereocenters. The maximum absolute atomic E-state index is 11.8. The highest BCUT2D eigenvalue weighted by molar-refractivity contribution is 5.80. The van der Waals surface area contributed by atoms with Gasteiger partial charge in [-0.1, -0.05) is 0 Å². The van der Waals surface area contributed by atoms with Crippen LogP contribution in [-0.4, -0.2) is 116 Å². The van der Waals surface area contributed by atoms with Crippen LogP contribution >= 0.6 is 0 Å². The first-order chi connectivity index (χ1) is 13.0. The Kier molecular flexibility index (Phi) is 8.63. The topological polar surface area (TPSA) is 80.7 Å². The summed E-state index contributed by atoms with van der Waals surface area (Å²) < 4.78 is 5.07. The Hall–Kier alpha value is -2.03. The molecule has 9 heteroatoms. The third-order valence-electron chi connectivity index (χ3n) is 4.94. The highest BCUT2D eigenvalue weighted by atomic mass is 16.6. The summed E-state index contributed by atoms with van der Waals surface area (Å²) in [5, 5.41) is 3.35. The molecule has 0 aromatic rings. The van der Waals surface area contributed by atoms with Crippen LogP contribution in [0.15, 0.2) is 4.99 Å². The zero-order valence-electron chi connectivity index (χ0n) is 16.9. The molecule has 0 bridgehead atoms. The molecule has 154 valence electrons. The lowest BCUT2D eigenvalue weighted by atomic mass is 10.3. The van der Waals surface area contributed by atoms with E-state index in [4.69, 9.17) is 9.73 Å². The monoisotopic (exact) mass is 382 g/mol. The van der Waals surface area contributed by atoms with Crippen LogP contribution in [-0.2, 0) is 9.53 Å². The molecule has 0 spiro atoms. The fraction of sp³-hybridized carbons (Fsp3) is 0.833. The van der Waals surface area contributed by atoms with Gasteiger partial charge in [-0.25, -0.2) is 4.79 Å². The van der Waals surface area contributed by atoms with E-state index in [9.17, 15) is 9.59 Å². The van der Waals surface area contributed by atoms with Gasteiger partial charge >= 0.3 is 6.09 Å². The molecule has 2 aliphatic rings. The zero-order chi connectivity index (χ0) is 19.6. The fourth-order valence-electron chi connectivity index (χ4n) is 3.33. The van der Waals surface area contributed by atoms with Crippen molar-refractivity contribution in [3.63, 3.8) is 0 Å². The van der Waals surface area contributed by atoms with E-state index in [2.05, 4.69) is 22.0 Å². The molecule has 27 heavy (non-hydrogen) atoms. The van der Waals surface area contributed by atoms with Crippen LogP contribution in [0.4, 0.5) is 4.79 Å². The van der Waals surface area contributed by atoms with Gasteiger partial charge in [-0.05, 0) is 13.8 Å². The van der Waals surface area contributed by atoms with Crippen molar-refractivity contribution in [2.24, 2.45) is 4.99 Å². The summed E-state index contributed by atoms with van der Waals surface area (Å²) in [4.78, 5) is 36.2. The van der Waals surface area contributed by atoms with Crippen LogP contribution < -0.4 is 5.32 Å². The number of hydrogen-bond donors (Lipinski definition) is 1. The van der Waals surface area contributed by atoms with Crippen molar-refractivity contribution in [2.45, 2.75) is 20.8 Å². The van der Waals surface area contributed by atoms with Crippen LogP contribution in [0, 0.1) is 0 Å². The van der Waals surface area contributed by atoms with E-state index in [0.717, 1.165) is 64.9 Å². The lowest BCUT2D eigenvalue weighted by Crippen LogP contribution is -2.54. The minimum absolute atomic E-state index is 0.157. The summed E-state index contributed by atoms with van der Waals surface area (Å²) in [5.41, 5.74) is 0. The third-order valence-corrected chi connectivity index (χ3v) is 4.94. The number of carbonyl (C=O) groups is 2. The molecule has 0 saturated carbocycles. The van der Waals surface area contributed by atoms with E-state index >= 15 is 0 Å². The molecular weight excluding hydrogens is 348 g/mol. The van der Waals surface area contributed by atoms with Crippen molar-refractivity contribution in [3.05, 3.63) is 0 Å². The molecule has 2 amide bonds. The number of hydrogen-bond acceptors (Lipinski definition) is 5. The SMILES string of the molecule is CCNC(=NCCN1CCN(C(C)=O)CC1)N1CCN(C(=O)OCC)CC1. The largest absolute Gasteiger partial charge is 0.450 e. The molecule has 0 unspecified atom stereocenters. The molecule has 1 N–H and O–H groups in total. The summed E-state index contributed by atoms with van der Waals surface area (Å²) in [5.74, 6) is 1.06. The number of ether oxygens (including phenoxy) is 1. The Balaban J connectivity index is 1.78. The first-order valence-electron chi connectivity index (χ1n) is 9.98. The molecule has 0 radical (unpaired) electrons. The Morgan fingerprint density at radius 2 is 1.52 bits per heavy atom. The van der Waals surface area contributed by atoms with E-state index in [1.165, 1.54) is 0 Å². The molecule has 0 aliphatic carbocycles. The summed E-state index contributed by atoms with van der Waals surface area (Å²) in [6, 6.07) is 0. The summed E-state index contributed by atoms with van der Waals surface area (Å²) in [6.07, 6.45) is -0.233.